The van der Waals surface area contributed by atoms with Gasteiger partial charge in [0.25, 0.3) is 0 Å². The summed E-state index contributed by atoms with van der Waals surface area (Å²) < 4.78 is 6.91. The first kappa shape index (κ1) is 16.4. The Labute approximate surface area is 134 Å². The van der Waals surface area contributed by atoms with E-state index in [9.17, 15) is 4.79 Å². The van der Waals surface area contributed by atoms with E-state index in [2.05, 4.69) is 10.4 Å². The third kappa shape index (κ3) is 3.82. The number of nitrogens with one attached hydrogen (secondary N) is 1. The monoisotopic (exact) mass is 324 g/mol. The number of nitrogen functional groups attached to an aromatic ring is 1. The molecule has 1 amide bonds. The molecule has 3 N–H and O–H groups in total. The van der Waals surface area contributed by atoms with Crippen molar-refractivity contribution in [1.29, 1.82) is 0 Å². The standard InChI is InChI=1S/C15H21ClN4O2/c1-15(2,3)22-14(21)18-6-5-9-10-8-20(4)19-12(10)7-11(16)13(9)17/h7-8H,5-6,17H2,1-4H3,(H,18,21). The number of aryl methyl sites for hydroxylation is 1. The number of carbonyl (C=O) groups excluding carboxylic acids is 1. The van der Waals surface area contributed by atoms with Gasteiger partial charge in [-0.1, -0.05) is 11.6 Å². The second-order valence-electron chi connectivity index (χ2n) is 6.16. The van der Waals surface area contributed by atoms with Crippen LogP contribution in [0, 0.1) is 0 Å². The summed E-state index contributed by atoms with van der Waals surface area (Å²) in [5, 5.41) is 8.46. The highest BCUT2D eigenvalue weighted by Gasteiger charge is 2.17. The van der Waals surface area contributed by atoms with Crippen LogP contribution in [0.15, 0.2) is 12.3 Å². The summed E-state index contributed by atoms with van der Waals surface area (Å²) in [7, 11) is 1.84. The summed E-state index contributed by atoms with van der Waals surface area (Å²) in [6.07, 6.45) is 1.99. The Morgan fingerprint density at radius 2 is 2.18 bits per heavy atom. The highest BCUT2D eigenvalue weighted by Crippen LogP contribution is 2.31. The number of benzene rings is 1. The molecule has 0 spiro atoms. The topological polar surface area (TPSA) is 82.2 Å². The second-order valence-corrected chi connectivity index (χ2v) is 6.57. The smallest absolute Gasteiger partial charge is 0.407 e. The Bertz CT molecular complexity index is 704. The van der Waals surface area contributed by atoms with Gasteiger partial charge in [-0.05, 0) is 38.8 Å². The van der Waals surface area contributed by atoms with Crippen LogP contribution >= 0.6 is 11.6 Å². The van der Waals surface area contributed by atoms with Crippen molar-refractivity contribution in [2.24, 2.45) is 7.05 Å². The van der Waals surface area contributed by atoms with Gasteiger partial charge < -0.3 is 15.8 Å². The predicted molar refractivity (Wildman–Crippen MR) is 88.1 cm³/mol. The van der Waals surface area contributed by atoms with Crippen molar-refractivity contribution in [3.05, 3.63) is 22.8 Å². The molecule has 1 heterocycles. The molecule has 2 aromatic rings. The van der Waals surface area contributed by atoms with Gasteiger partial charge in [-0.2, -0.15) is 5.10 Å². The van der Waals surface area contributed by atoms with E-state index in [1.54, 1.807) is 10.7 Å². The third-order valence-electron chi connectivity index (χ3n) is 3.07. The van der Waals surface area contributed by atoms with E-state index in [0.29, 0.717) is 23.7 Å². The van der Waals surface area contributed by atoms with E-state index in [0.717, 1.165) is 16.5 Å². The molecule has 0 unspecified atom stereocenters. The summed E-state index contributed by atoms with van der Waals surface area (Å²) in [4.78, 5) is 11.7. The van der Waals surface area contributed by atoms with Gasteiger partial charge in [0, 0.05) is 25.2 Å². The Balaban J connectivity index is 2.11. The van der Waals surface area contributed by atoms with Gasteiger partial charge in [-0.25, -0.2) is 4.79 Å². The van der Waals surface area contributed by atoms with Crippen LogP contribution in [0.3, 0.4) is 0 Å². The number of halogens is 1. The van der Waals surface area contributed by atoms with E-state index in [1.165, 1.54) is 0 Å². The van der Waals surface area contributed by atoms with Gasteiger partial charge in [-0.3, -0.25) is 4.68 Å². The molecule has 0 saturated carbocycles. The van der Waals surface area contributed by atoms with Gasteiger partial charge in [-0.15, -0.1) is 0 Å². The molecule has 7 heteroatoms. The molecule has 0 saturated heterocycles. The fourth-order valence-corrected chi connectivity index (χ4v) is 2.42. The van der Waals surface area contributed by atoms with E-state index < -0.39 is 11.7 Å². The van der Waals surface area contributed by atoms with Gasteiger partial charge in [0.1, 0.15) is 5.60 Å². The van der Waals surface area contributed by atoms with E-state index >= 15 is 0 Å². The molecule has 1 aromatic carbocycles. The number of anilines is 1. The number of alkyl carbamates (subject to hydrolysis) is 1. The van der Waals surface area contributed by atoms with Crippen molar-refractivity contribution >= 4 is 34.3 Å². The maximum Gasteiger partial charge on any atom is 0.407 e. The van der Waals surface area contributed by atoms with Crippen molar-refractivity contribution < 1.29 is 9.53 Å². The van der Waals surface area contributed by atoms with Crippen LogP contribution in [0.25, 0.3) is 10.9 Å². The molecule has 120 valence electrons. The maximum absolute atomic E-state index is 11.7. The Morgan fingerprint density at radius 1 is 1.50 bits per heavy atom. The van der Waals surface area contributed by atoms with Crippen LogP contribution < -0.4 is 11.1 Å². The molecule has 0 bridgehead atoms. The van der Waals surface area contributed by atoms with E-state index in [-0.39, 0.29) is 0 Å². The van der Waals surface area contributed by atoms with E-state index in [1.807, 2.05) is 34.0 Å². The fraction of sp³-hybridized carbons (Fsp3) is 0.467. The first-order valence-electron chi connectivity index (χ1n) is 7.04. The molecule has 0 aliphatic carbocycles. The molecule has 1 aromatic heterocycles. The zero-order valence-corrected chi connectivity index (χ0v) is 14.0. The molecule has 0 aliphatic heterocycles. The van der Waals surface area contributed by atoms with Gasteiger partial charge in [0.2, 0.25) is 0 Å². The van der Waals surface area contributed by atoms with Gasteiger partial charge >= 0.3 is 6.09 Å². The second kappa shape index (κ2) is 6.04. The highest BCUT2D eigenvalue weighted by atomic mass is 35.5. The minimum atomic E-state index is -0.518. The Hall–Kier alpha value is -1.95. The molecule has 0 atom stereocenters. The summed E-state index contributed by atoms with van der Waals surface area (Å²) in [5.74, 6) is 0. The normalized spacial score (nSPS) is 11.7. The van der Waals surface area contributed by atoms with Crippen LogP contribution in [0.2, 0.25) is 5.02 Å². The number of amides is 1. The number of aromatic nitrogens is 2. The number of rotatable bonds is 3. The first-order valence-corrected chi connectivity index (χ1v) is 7.42. The quantitative estimate of drug-likeness (QED) is 0.850. The number of fused-ring (bicyclic) bond motifs is 1. The van der Waals surface area contributed by atoms with Crippen LogP contribution in [-0.4, -0.2) is 28.0 Å². The molecule has 0 fully saturated rings. The molecule has 2 rings (SSSR count). The zero-order valence-electron chi connectivity index (χ0n) is 13.2. The maximum atomic E-state index is 11.7. The van der Waals surface area contributed by atoms with Crippen molar-refractivity contribution in [3.63, 3.8) is 0 Å². The SMILES string of the molecule is Cn1cc2c(CCNC(=O)OC(C)(C)C)c(N)c(Cl)cc2n1. The average Bonchev–Trinajstić information content (AvgIpc) is 2.72. The molecule has 6 nitrogen and oxygen atoms in total. The van der Waals surface area contributed by atoms with Crippen LogP contribution in [0.1, 0.15) is 26.3 Å². The lowest BCUT2D eigenvalue weighted by Gasteiger charge is -2.19. The largest absolute Gasteiger partial charge is 0.444 e. The minimum absolute atomic E-state index is 0.406. The fourth-order valence-electron chi connectivity index (χ4n) is 2.20. The van der Waals surface area contributed by atoms with Gasteiger partial charge in [0.15, 0.2) is 0 Å². The lowest BCUT2D eigenvalue weighted by atomic mass is 10.1. The predicted octanol–water partition coefficient (Wildman–Crippen LogP) is 2.88. The highest BCUT2D eigenvalue weighted by molar-refractivity contribution is 6.34. The van der Waals surface area contributed by atoms with Crippen LogP contribution in [0.4, 0.5) is 10.5 Å². The number of hydrogen-bond donors (Lipinski definition) is 2. The number of carbonyl (C=O) groups is 1. The molecule has 0 aliphatic rings. The summed E-state index contributed by atoms with van der Waals surface area (Å²) in [6, 6.07) is 1.75. The van der Waals surface area contributed by atoms with Crippen molar-refractivity contribution in [1.82, 2.24) is 15.1 Å². The summed E-state index contributed by atoms with van der Waals surface area (Å²) in [5.41, 5.74) is 7.73. The third-order valence-corrected chi connectivity index (χ3v) is 3.38. The molecule has 0 radical (unpaired) electrons. The van der Waals surface area contributed by atoms with Crippen molar-refractivity contribution in [2.45, 2.75) is 32.8 Å². The van der Waals surface area contributed by atoms with Crippen LogP contribution in [-0.2, 0) is 18.2 Å². The van der Waals surface area contributed by atoms with Crippen molar-refractivity contribution in [2.75, 3.05) is 12.3 Å². The zero-order chi connectivity index (χ0) is 16.5. The lowest BCUT2D eigenvalue weighted by Crippen LogP contribution is -2.33. The Kier molecular flexibility index (Phi) is 4.51. The van der Waals surface area contributed by atoms with Gasteiger partial charge in [0.05, 0.1) is 16.2 Å². The van der Waals surface area contributed by atoms with Crippen molar-refractivity contribution in [3.8, 4) is 0 Å². The minimum Gasteiger partial charge on any atom is -0.444 e. The lowest BCUT2D eigenvalue weighted by molar-refractivity contribution is 0.0528. The Morgan fingerprint density at radius 3 is 2.82 bits per heavy atom. The number of hydrogen-bond acceptors (Lipinski definition) is 4. The molecular weight excluding hydrogens is 304 g/mol. The number of nitrogens with zero attached hydrogens (tertiary/aromatic N) is 2. The number of nitrogens with two attached hydrogens (primary N) is 1. The average molecular weight is 325 g/mol. The molecule has 22 heavy (non-hydrogen) atoms. The molecular formula is C15H21ClN4O2. The van der Waals surface area contributed by atoms with Crippen LogP contribution in [0.5, 0.6) is 0 Å². The summed E-state index contributed by atoms with van der Waals surface area (Å²) >= 11 is 6.14. The summed E-state index contributed by atoms with van der Waals surface area (Å²) in [6.45, 7) is 5.87. The van der Waals surface area contributed by atoms with E-state index in [4.69, 9.17) is 22.1 Å². The number of ether oxygens (including phenoxy) is 1. The first-order chi connectivity index (χ1) is 10.2.